The summed E-state index contributed by atoms with van der Waals surface area (Å²) in [5.41, 5.74) is 0.908. The summed E-state index contributed by atoms with van der Waals surface area (Å²) in [6, 6.07) is 0.0755. The van der Waals surface area contributed by atoms with Gasteiger partial charge in [-0.05, 0) is 25.8 Å². The van der Waals surface area contributed by atoms with E-state index in [0.29, 0.717) is 12.0 Å². The molecule has 108 valence electrons. The maximum Gasteiger partial charge on any atom is 0.242 e. The minimum Gasteiger partial charge on any atom is -0.351 e. The Morgan fingerprint density at radius 1 is 1.63 bits per heavy atom. The third kappa shape index (κ3) is 3.94. The van der Waals surface area contributed by atoms with Gasteiger partial charge in [0.1, 0.15) is 6.04 Å². The summed E-state index contributed by atoms with van der Waals surface area (Å²) in [5, 5.41) is 10.3. The van der Waals surface area contributed by atoms with Crippen LogP contribution in [0, 0.1) is 5.92 Å². The van der Waals surface area contributed by atoms with E-state index >= 15 is 0 Å². The molecule has 0 bridgehead atoms. The van der Waals surface area contributed by atoms with E-state index in [0.717, 1.165) is 12.0 Å². The summed E-state index contributed by atoms with van der Waals surface area (Å²) in [6.45, 7) is 2.18. The van der Waals surface area contributed by atoms with Crippen LogP contribution in [0.25, 0.3) is 0 Å². The highest BCUT2D eigenvalue weighted by Crippen LogP contribution is 2.34. The highest BCUT2D eigenvalue weighted by Gasteiger charge is 2.38. The van der Waals surface area contributed by atoms with Crippen molar-refractivity contribution in [2.24, 2.45) is 13.0 Å². The first kappa shape index (κ1) is 16.0. The highest BCUT2D eigenvalue weighted by atomic mass is 35.5. The van der Waals surface area contributed by atoms with Crippen LogP contribution in [-0.2, 0) is 11.8 Å². The Bertz CT molecular complexity index is 421. The molecule has 5 nitrogen and oxygen atoms in total. The van der Waals surface area contributed by atoms with Gasteiger partial charge in [-0.25, -0.2) is 0 Å². The molecule has 0 aliphatic heterocycles. The molecular formula is C13H23ClN4O. The van der Waals surface area contributed by atoms with Gasteiger partial charge in [0.2, 0.25) is 5.91 Å². The molecule has 1 amide bonds. The first-order valence-corrected chi connectivity index (χ1v) is 6.61. The summed E-state index contributed by atoms with van der Waals surface area (Å²) in [7, 11) is 3.65. The number of hydrogen-bond donors (Lipinski definition) is 2. The van der Waals surface area contributed by atoms with Crippen molar-refractivity contribution < 1.29 is 4.79 Å². The van der Waals surface area contributed by atoms with E-state index in [9.17, 15) is 4.79 Å². The van der Waals surface area contributed by atoms with E-state index in [2.05, 4.69) is 22.7 Å². The number of amides is 1. The predicted molar refractivity (Wildman–Crippen MR) is 77.2 cm³/mol. The van der Waals surface area contributed by atoms with Gasteiger partial charge in [0.15, 0.2) is 0 Å². The lowest BCUT2D eigenvalue weighted by Gasteiger charge is -2.14. The number of aromatic nitrogens is 2. The van der Waals surface area contributed by atoms with E-state index in [4.69, 9.17) is 0 Å². The zero-order valence-corrected chi connectivity index (χ0v) is 12.5. The second-order valence-corrected chi connectivity index (χ2v) is 5.07. The lowest BCUT2D eigenvalue weighted by molar-refractivity contribution is -0.123. The molecule has 2 rings (SSSR count). The first-order valence-electron chi connectivity index (χ1n) is 6.61. The molecule has 0 aromatic carbocycles. The van der Waals surface area contributed by atoms with Crippen molar-refractivity contribution in [1.29, 1.82) is 0 Å². The maximum atomic E-state index is 12.2. The van der Waals surface area contributed by atoms with E-state index in [1.54, 1.807) is 17.9 Å². The number of likely N-dealkylation sites (N-methyl/N-ethyl adjacent to an activating group) is 1. The third-order valence-electron chi connectivity index (χ3n) is 3.52. The van der Waals surface area contributed by atoms with Crippen molar-refractivity contribution in [3.8, 4) is 0 Å². The molecule has 1 aliphatic carbocycles. The minimum atomic E-state index is -0.304. The van der Waals surface area contributed by atoms with Gasteiger partial charge < -0.3 is 10.6 Å². The fraction of sp³-hybridized carbons (Fsp3) is 0.692. The summed E-state index contributed by atoms with van der Waals surface area (Å²) >= 11 is 0. The second-order valence-electron chi connectivity index (χ2n) is 5.07. The van der Waals surface area contributed by atoms with Crippen LogP contribution in [0.5, 0.6) is 0 Å². The third-order valence-corrected chi connectivity index (χ3v) is 3.52. The van der Waals surface area contributed by atoms with Crippen molar-refractivity contribution in [1.82, 2.24) is 20.4 Å². The SMILES string of the molecule is CCCC1CC1NC(=O)C(NC)c1cnn(C)c1.Cl. The van der Waals surface area contributed by atoms with Crippen LogP contribution < -0.4 is 10.6 Å². The van der Waals surface area contributed by atoms with E-state index in [1.807, 2.05) is 13.2 Å². The fourth-order valence-corrected chi connectivity index (χ4v) is 2.42. The fourth-order valence-electron chi connectivity index (χ4n) is 2.42. The van der Waals surface area contributed by atoms with Crippen LogP contribution >= 0.6 is 12.4 Å². The predicted octanol–water partition coefficient (Wildman–Crippen LogP) is 1.41. The highest BCUT2D eigenvalue weighted by molar-refractivity contribution is 5.85. The molecule has 0 radical (unpaired) electrons. The number of aryl methyl sites for hydroxylation is 1. The Morgan fingerprint density at radius 3 is 2.89 bits per heavy atom. The van der Waals surface area contributed by atoms with Gasteiger partial charge in [-0.2, -0.15) is 5.10 Å². The standard InChI is InChI=1S/C13H22N4O.ClH/c1-4-5-9-6-11(9)16-13(18)12(14-2)10-7-15-17(3)8-10;/h7-9,11-12,14H,4-6H2,1-3H3,(H,16,18);1H. The van der Waals surface area contributed by atoms with Crippen molar-refractivity contribution in [2.45, 2.75) is 38.3 Å². The molecular weight excluding hydrogens is 264 g/mol. The Kier molecular flexibility index (Phi) is 5.82. The van der Waals surface area contributed by atoms with Crippen molar-refractivity contribution in [3.63, 3.8) is 0 Å². The van der Waals surface area contributed by atoms with Crippen LogP contribution in [0.2, 0.25) is 0 Å². The van der Waals surface area contributed by atoms with Crippen LogP contribution in [0.3, 0.4) is 0 Å². The van der Waals surface area contributed by atoms with Gasteiger partial charge in [0.05, 0.1) is 6.20 Å². The number of hydrogen-bond acceptors (Lipinski definition) is 3. The quantitative estimate of drug-likeness (QED) is 0.831. The smallest absolute Gasteiger partial charge is 0.242 e. The van der Waals surface area contributed by atoms with Crippen LogP contribution in [0.1, 0.15) is 37.8 Å². The molecule has 1 aromatic rings. The number of nitrogens with zero attached hydrogens (tertiary/aromatic N) is 2. The molecule has 1 heterocycles. The first-order chi connectivity index (χ1) is 8.65. The molecule has 6 heteroatoms. The van der Waals surface area contributed by atoms with Crippen molar-refractivity contribution in [3.05, 3.63) is 18.0 Å². The van der Waals surface area contributed by atoms with Gasteiger partial charge in [-0.1, -0.05) is 13.3 Å². The number of carbonyl (C=O) groups is 1. The maximum absolute atomic E-state index is 12.2. The molecule has 1 aliphatic rings. The van der Waals surface area contributed by atoms with Gasteiger partial charge in [-0.15, -0.1) is 12.4 Å². The number of nitrogens with one attached hydrogen (secondary N) is 2. The molecule has 3 atom stereocenters. The molecule has 2 N–H and O–H groups in total. The van der Waals surface area contributed by atoms with Crippen LogP contribution in [-0.4, -0.2) is 28.8 Å². The van der Waals surface area contributed by atoms with Crippen LogP contribution in [0.4, 0.5) is 0 Å². The number of halogens is 1. The summed E-state index contributed by atoms with van der Waals surface area (Å²) in [5.74, 6) is 0.736. The topological polar surface area (TPSA) is 59.0 Å². The van der Waals surface area contributed by atoms with Gasteiger partial charge in [0, 0.05) is 24.8 Å². The molecule has 19 heavy (non-hydrogen) atoms. The summed E-state index contributed by atoms with van der Waals surface area (Å²) < 4.78 is 1.71. The Labute approximate surface area is 120 Å². The molecule has 3 unspecified atom stereocenters. The molecule has 1 aromatic heterocycles. The summed E-state index contributed by atoms with van der Waals surface area (Å²) in [4.78, 5) is 12.2. The second kappa shape index (κ2) is 6.91. The Morgan fingerprint density at radius 2 is 2.37 bits per heavy atom. The van der Waals surface area contributed by atoms with Crippen molar-refractivity contribution >= 4 is 18.3 Å². The largest absolute Gasteiger partial charge is 0.351 e. The number of carbonyl (C=O) groups excluding carboxylic acids is 1. The number of rotatable bonds is 6. The Balaban J connectivity index is 0.00000180. The van der Waals surface area contributed by atoms with E-state index in [-0.39, 0.29) is 24.4 Å². The average molecular weight is 287 g/mol. The Hall–Kier alpha value is -1.07. The van der Waals surface area contributed by atoms with Gasteiger partial charge in [-0.3, -0.25) is 9.48 Å². The average Bonchev–Trinajstić information content (AvgIpc) is 2.90. The lowest BCUT2D eigenvalue weighted by Crippen LogP contribution is -2.37. The molecule has 1 fully saturated rings. The van der Waals surface area contributed by atoms with Crippen molar-refractivity contribution in [2.75, 3.05) is 7.05 Å². The van der Waals surface area contributed by atoms with E-state index < -0.39 is 0 Å². The van der Waals surface area contributed by atoms with Crippen LogP contribution in [0.15, 0.2) is 12.4 Å². The normalized spacial score (nSPS) is 22.5. The minimum absolute atomic E-state index is 0. The van der Waals surface area contributed by atoms with Gasteiger partial charge >= 0.3 is 0 Å². The molecule has 1 saturated carbocycles. The lowest BCUT2D eigenvalue weighted by atomic mass is 10.1. The monoisotopic (exact) mass is 286 g/mol. The van der Waals surface area contributed by atoms with Gasteiger partial charge in [0.25, 0.3) is 0 Å². The van der Waals surface area contributed by atoms with E-state index in [1.165, 1.54) is 12.8 Å². The molecule has 0 saturated heterocycles. The molecule has 0 spiro atoms. The summed E-state index contributed by atoms with van der Waals surface area (Å²) in [6.07, 6.45) is 7.13. The zero-order chi connectivity index (χ0) is 13.1. The zero-order valence-electron chi connectivity index (χ0n) is 11.7.